The Labute approximate surface area is 127 Å². The van der Waals surface area contributed by atoms with Crippen LogP contribution in [0.3, 0.4) is 0 Å². The molecule has 0 amide bonds. The number of nitrogens with zero attached hydrogens (tertiary/aromatic N) is 1. The lowest BCUT2D eigenvalue weighted by molar-refractivity contribution is 0.0697. The Morgan fingerprint density at radius 2 is 2.05 bits per heavy atom. The van der Waals surface area contributed by atoms with E-state index in [9.17, 15) is 17.6 Å². The highest BCUT2D eigenvalue weighted by atomic mass is 79.9. The number of halogens is 2. The number of carboxylic acid groups (broad SMARTS) is 1. The van der Waals surface area contributed by atoms with E-state index in [1.165, 1.54) is 18.3 Å². The predicted molar refractivity (Wildman–Crippen MR) is 76.1 cm³/mol. The molecule has 0 radical (unpaired) electrons. The lowest BCUT2D eigenvalue weighted by Crippen LogP contribution is -2.17. The van der Waals surface area contributed by atoms with Crippen molar-refractivity contribution in [3.8, 4) is 0 Å². The Bertz CT molecular complexity index is 811. The van der Waals surface area contributed by atoms with E-state index >= 15 is 0 Å². The summed E-state index contributed by atoms with van der Waals surface area (Å²) in [4.78, 5) is 14.5. The first-order valence-corrected chi connectivity index (χ1v) is 7.74. The number of nitrogens with one attached hydrogen (secondary N) is 1. The van der Waals surface area contributed by atoms with Crippen LogP contribution in [0.25, 0.3) is 0 Å². The molecule has 1 aromatic carbocycles. The van der Waals surface area contributed by atoms with Crippen LogP contribution < -0.4 is 4.72 Å². The van der Waals surface area contributed by atoms with Crippen LogP contribution in [0, 0.1) is 5.82 Å². The maximum Gasteiger partial charge on any atom is 0.337 e. The molecule has 0 unspecified atom stereocenters. The fraction of sp³-hybridized carbons (Fsp3) is 0. The summed E-state index contributed by atoms with van der Waals surface area (Å²) in [5.41, 5.74) is -1.11. The first kappa shape index (κ1) is 15.4. The number of para-hydroxylation sites is 1. The van der Waals surface area contributed by atoms with E-state index in [2.05, 4.69) is 20.9 Å². The molecule has 1 heterocycles. The van der Waals surface area contributed by atoms with Crippen LogP contribution in [0.4, 0.5) is 10.1 Å². The van der Waals surface area contributed by atoms with E-state index in [-0.39, 0.29) is 4.90 Å². The molecule has 9 heteroatoms. The first-order valence-electron chi connectivity index (χ1n) is 5.46. The van der Waals surface area contributed by atoms with Gasteiger partial charge in [-0.05, 0) is 34.1 Å². The van der Waals surface area contributed by atoms with Gasteiger partial charge in [-0.25, -0.2) is 17.6 Å². The molecular formula is C12H8BrFN2O4S. The van der Waals surface area contributed by atoms with Gasteiger partial charge in [-0.3, -0.25) is 9.71 Å². The number of pyridine rings is 1. The topological polar surface area (TPSA) is 96.4 Å². The van der Waals surface area contributed by atoms with Crippen LogP contribution >= 0.6 is 15.9 Å². The molecule has 0 aliphatic rings. The van der Waals surface area contributed by atoms with Gasteiger partial charge in [-0.1, -0.05) is 6.07 Å². The molecule has 6 nitrogen and oxygen atoms in total. The van der Waals surface area contributed by atoms with Gasteiger partial charge in [0, 0.05) is 16.9 Å². The molecule has 0 saturated carbocycles. The molecule has 0 aliphatic heterocycles. The second kappa shape index (κ2) is 5.78. The lowest BCUT2D eigenvalue weighted by atomic mass is 10.2. The highest BCUT2D eigenvalue weighted by Crippen LogP contribution is 2.24. The monoisotopic (exact) mass is 374 g/mol. The van der Waals surface area contributed by atoms with Gasteiger partial charge in [0.05, 0.1) is 11.3 Å². The summed E-state index contributed by atoms with van der Waals surface area (Å²) in [6.45, 7) is 0. The summed E-state index contributed by atoms with van der Waals surface area (Å²) in [6.07, 6.45) is 2.44. The molecular weight excluding hydrogens is 367 g/mol. The number of aromatic carboxylic acids is 1. The summed E-state index contributed by atoms with van der Waals surface area (Å²) >= 11 is 3.07. The third-order valence-corrected chi connectivity index (χ3v) is 4.22. The summed E-state index contributed by atoms with van der Waals surface area (Å²) in [5, 5.41) is 8.98. The second-order valence-electron chi connectivity index (χ2n) is 3.91. The van der Waals surface area contributed by atoms with Crippen molar-refractivity contribution in [2.24, 2.45) is 0 Å². The van der Waals surface area contributed by atoms with Crippen LogP contribution in [0.15, 0.2) is 46.0 Å². The zero-order valence-electron chi connectivity index (χ0n) is 10.2. The molecule has 0 bridgehead atoms. The van der Waals surface area contributed by atoms with Crippen molar-refractivity contribution in [1.82, 2.24) is 4.98 Å². The SMILES string of the molecule is O=C(O)c1cccc(F)c1NS(=O)(=O)c1cncc(Br)c1. The van der Waals surface area contributed by atoms with E-state index in [4.69, 9.17) is 5.11 Å². The number of carboxylic acids is 1. The molecule has 0 fully saturated rings. The Morgan fingerprint density at radius 3 is 2.67 bits per heavy atom. The minimum absolute atomic E-state index is 0.225. The van der Waals surface area contributed by atoms with E-state index in [1.54, 1.807) is 0 Å². The molecule has 0 atom stereocenters. The van der Waals surface area contributed by atoms with Crippen LogP contribution in [0.5, 0.6) is 0 Å². The smallest absolute Gasteiger partial charge is 0.337 e. The standard InChI is InChI=1S/C12H8BrFN2O4S/c13-7-4-8(6-15-5-7)21(19,20)16-11-9(12(17)18)2-1-3-10(11)14/h1-6,16H,(H,17,18). The Morgan fingerprint density at radius 1 is 1.33 bits per heavy atom. The van der Waals surface area contributed by atoms with E-state index < -0.39 is 33.1 Å². The van der Waals surface area contributed by atoms with E-state index in [0.717, 1.165) is 18.3 Å². The fourth-order valence-corrected chi connectivity index (χ4v) is 3.13. The number of aromatic nitrogens is 1. The number of anilines is 1. The van der Waals surface area contributed by atoms with Gasteiger partial charge in [0.2, 0.25) is 0 Å². The molecule has 2 aromatic rings. The van der Waals surface area contributed by atoms with Gasteiger partial charge in [-0.15, -0.1) is 0 Å². The maximum atomic E-state index is 13.7. The highest BCUT2D eigenvalue weighted by Gasteiger charge is 2.21. The van der Waals surface area contributed by atoms with Crippen molar-refractivity contribution >= 4 is 37.6 Å². The maximum absolute atomic E-state index is 13.7. The molecule has 21 heavy (non-hydrogen) atoms. The predicted octanol–water partition coefficient (Wildman–Crippen LogP) is 2.48. The number of rotatable bonds is 4. The number of carbonyl (C=O) groups is 1. The molecule has 0 aliphatic carbocycles. The first-order chi connectivity index (χ1) is 9.81. The lowest BCUT2D eigenvalue weighted by Gasteiger charge is -2.11. The van der Waals surface area contributed by atoms with Gasteiger partial charge >= 0.3 is 5.97 Å². The molecule has 110 valence electrons. The van der Waals surface area contributed by atoms with Crippen LogP contribution in [0.1, 0.15) is 10.4 Å². The van der Waals surface area contributed by atoms with Crippen molar-refractivity contribution in [2.75, 3.05) is 4.72 Å². The zero-order chi connectivity index (χ0) is 15.6. The number of sulfonamides is 1. The van der Waals surface area contributed by atoms with Gasteiger partial charge in [0.15, 0.2) is 0 Å². The average Bonchev–Trinajstić information content (AvgIpc) is 2.40. The van der Waals surface area contributed by atoms with Gasteiger partial charge in [-0.2, -0.15) is 0 Å². The summed E-state index contributed by atoms with van der Waals surface area (Å²) < 4.78 is 40.4. The quantitative estimate of drug-likeness (QED) is 0.856. The third kappa shape index (κ3) is 3.37. The van der Waals surface area contributed by atoms with E-state index in [0.29, 0.717) is 4.47 Å². The summed E-state index contributed by atoms with van der Waals surface area (Å²) in [6, 6.07) is 4.50. The Hall–Kier alpha value is -2.00. The van der Waals surface area contributed by atoms with Gasteiger partial charge in [0.25, 0.3) is 10.0 Å². The normalized spacial score (nSPS) is 11.1. The van der Waals surface area contributed by atoms with E-state index in [1.807, 2.05) is 4.72 Å². The number of hydrogen-bond acceptors (Lipinski definition) is 4. The average molecular weight is 375 g/mol. The van der Waals surface area contributed by atoms with Crippen LogP contribution in [-0.2, 0) is 10.0 Å². The summed E-state index contributed by atoms with van der Waals surface area (Å²) in [5.74, 6) is -2.43. The van der Waals surface area contributed by atoms with Crippen LogP contribution in [0.2, 0.25) is 0 Å². The number of benzene rings is 1. The van der Waals surface area contributed by atoms with Gasteiger partial charge < -0.3 is 5.11 Å². The largest absolute Gasteiger partial charge is 0.478 e. The van der Waals surface area contributed by atoms with Crippen molar-refractivity contribution in [1.29, 1.82) is 0 Å². The zero-order valence-corrected chi connectivity index (χ0v) is 12.6. The minimum atomic E-state index is -4.16. The molecule has 2 rings (SSSR count). The summed E-state index contributed by atoms with van der Waals surface area (Å²) in [7, 11) is -4.16. The van der Waals surface area contributed by atoms with Crippen LogP contribution in [-0.4, -0.2) is 24.5 Å². The third-order valence-electron chi connectivity index (χ3n) is 2.47. The Kier molecular flexibility index (Phi) is 4.24. The second-order valence-corrected chi connectivity index (χ2v) is 6.51. The number of hydrogen-bond donors (Lipinski definition) is 2. The fourth-order valence-electron chi connectivity index (χ4n) is 1.54. The van der Waals surface area contributed by atoms with Crippen molar-refractivity contribution in [2.45, 2.75) is 4.90 Å². The molecule has 0 spiro atoms. The molecule has 1 aromatic heterocycles. The minimum Gasteiger partial charge on any atom is -0.478 e. The van der Waals surface area contributed by atoms with Crippen molar-refractivity contribution in [3.05, 3.63) is 52.5 Å². The Balaban J connectivity index is 2.49. The van der Waals surface area contributed by atoms with Crippen molar-refractivity contribution in [3.63, 3.8) is 0 Å². The molecule has 2 N–H and O–H groups in total. The van der Waals surface area contributed by atoms with Crippen molar-refractivity contribution < 1.29 is 22.7 Å². The highest BCUT2D eigenvalue weighted by molar-refractivity contribution is 9.10. The van der Waals surface area contributed by atoms with Gasteiger partial charge in [0.1, 0.15) is 10.7 Å². The molecule has 0 saturated heterocycles.